The van der Waals surface area contributed by atoms with Crippen LogP contribution < -0.4 is 0 Å². The maximum absolute atomic E-state index is 12.3. The van der Waals surface area contributed by atoms with E-state index in [4.69, 9.17) is 0 Å². The van der Waals surface area contributed by atoms with Crippen LogP contribution in [0.2, 0.25) is 0 Å². The van der Waals surface area contributed by atoms with Gasteiger partial charge in [0.25, 0.3) is 0 Å². The number of rotatable bonds is 6. The molecule has 0 unspecified atom stereocenters. The fourth-order valence-corrected chi connectivity index (χ4v) is 3.26. The first kappa shape index (κ1) is 18.5. The number of aliphatic carboxylic acids is 1. The first-order valence-electron chi connectivity index (χ1n) is 8.58. The zero-order valence-electron chi connectivity index (χ0n) is 14.4. The van der Waals surface area contributed by atoms with Crippen molar-refractivity contribution < 1.29 is 19.8 Å². The number of hydrogen-bond acceptors (Lipinski definition) is 3. The van der Waals surface area contributed by atoms with Crippen molar-refractivity contribution >= 4 is 11.9 Å². The van der Waals surface area contributed by atoms with Crippen LogP contribution in [0.4, 0.5) is 0 Å². The number of carboxylic acid groups (broad SMARTS) is 1. The van der Waals surface area contributed by atoms with Crippen LogP contribution in [0.3, 0.4) is 0 Å². The second-order valence-electron chi connectivity index (χ2n) is 7.16. The summed E-state index contributed by atoms with van der Waals surface area (Å²) in [4.78, 5) is 25.8. The van der Waals surface area contributed by atoms with Crippen LogP contribution in [-0.2, 0) is 16.0 Å². The maximum atomic E-state index is 12.3. The van der Waals surface area contributed by atoms with Crippen LogP contribution >= 0.6 is 0 Å². The molecule has 1 heterocycles. The van der Waals surface area contributed by atoms with E-state index < -0.39 is 17.5 Å². The van der Waals surface area contributed by atoms with Crippen molar-refractivity contribution in [2.75, 3.05) is 13.1 Å². The summed E-state index contributed by atoms with van der Waals surface area (Å²) in [6.07, 6.45) is 0.735. The van der Waals surface area contributed by atoms with E-state index in [-0.39, 0.29) is 25.3 Å². The van der Waals surface area contributed by atoms with Crippen molar-refractivity contribution in [1.82, 2.24) is 4.90 Å². The van der Waals surface area contributed by atoms with Crippen molar-refractivity contribution in [2.45, 2.75) is 45.6 Å². The van der Waals surface area contributed by atoms with Gasteiger partial charge < -0.3 is 15.1 Å². The number of nitrogens with zero attached hydrogens (tertiary/aromatic N) is 1. The van der Waals surface area contributed by atoms with Gasteiger partial charge in [0.1, 0.15) is 5.41 Å². The molecule has 1 aliphatic rings. The molecular weight excluding hydrogens is 306 g/mol. The van der Waals surface area contributed by atoms with Crippen LogP contribution in [0.25, 0.3) is 0 Å². The third-order valence-electron chi connectivity index (χ3n) is 4.94. The molecule has 1 saturated heterocycles. The van der Waals surface area contributed by atoms with E-state index in [0.717, 1.165) is 12.0 Å². The van der Waals surface area contributed by atoms with Gasteiger partial charge in [0.05, 0.1) is 6.10 Å². The minimum Gasteiger partial charge on any atom is -0.481 e. The molecular formula is C19H27NO4. The van der Waals surface area contributed by atoms with Gasteiger partial charge in [0.15, 0.2) is 0 Å². The minimum absolute atomic E-state index is 0.00134. The Hall–Kier alpha value is -1.88. The lowest BCUT2D eigenvalue weighted by molar-refractivity contribution is -0.166. The molecule has 5 heteroatoms. The topological polar surface area (TPSA) is 77.8 Å². The number of amides is 1. The molecule has 0 bridgehead atoms. The van der Waals surface area contributed by atoms with Crippen molar-refractivity contribution in [2.24, 2.45) is 11.3 Å². The Morgan fingerprint density at radius 3 is 2.50 bits per heavy atom. The summed E-state index contributed by atoms with van der Waals surface area (Å²) >= 11 is 0. The molecule has 1 fully saturated rings. The molecule has 0 radical (unpaired) electrons. The summed E-state index contributed by atoms with van der Waals surface area (Å²) in [7, 11) is 0. The fourth-order valence-electron chi connectivity index (χ4n) is 3.26. The lowest BCUT2D eigenvalue weighted by Crippen LogP contribution is -2.57. The average molecular weight is 333 g/mol. The normalized spacial score (nSPS) is 24.2. The second kappa shape index (κ2) is 7.79. The van der Waals surface area contributed by atoms with E-state index in [2.05, 4.69) is 13.8 Å². The first-order valence-corrected chi connectivity index (χ1v) is 8.58. The van der Waals surface area contributed by atoms with E-state index in [1.165, 1.54) is 0 Å². The van der Waals surface area contributed by atoms with Crippen LogP contribution in [0, 0.1) is 11.3 Å². The Bertz CT molecular complexity index is 572. The molecule has 24 heavy (non-hydrogen) atoms. The number of benzene rings is 1. The Morgan fingerprint density at radius 1 is 1.29 bits per heavy atom. The summed E-state index contributed by atoms with van der Waals surface area (Å²) in [5.74, 6) is -0.547. The summed E-state index contributed by atoms with van der Waals surface area (Å²) in [6, 6.07) is 9.35. The Morgan fingerprint density at radius 2 is 1.96 bits per heavy atom. The molecule has 1 aliphatic heterocycles. The van der Waals surface area contributed by atoms with Crippen LogP contribution in [0.1, 0.15) is 38.7 Å². The second-order valence-corrected chi connectivity index (χ2v) is 7.16. The summed E-state index contributed by atoms with van der Waals surface area (Å²) in [5.41, 5.74) is -0.338. The van der Waals surface area contributed by atoms with E-state index in [1.807, 2.05) is 30.3 Å². The highest BCUT2D eigenvalue weighted by Crippen LogP contribution is 2.36. The molecule has 2 rings (SSSR count). The first-order chi connectivity index (χ1) is 11.3. The van der Waals surface area contributed by atoms with Crippen molar-refractivity contribution in [3.63, 3.8) is 0 Å². The number of aliphatic hydroxyl groups excluding tert-OH is 1. The average Bonchev–Trinajstić information content (AvgIpc) is 2.55. The van der Waals surface area contributed by atoms with Gasteiger partial charge >= 0.3 is 5.97 Å². The molecule has 1 aromatic carbocycles. The minimum atomic E-state index is -1.23. The van der Waals surface area contributed by atoms with Gasteiger partial charge in [-0.25, -0.2) is 0 Å². The smallest absolute Gasteiger partial charge is 0.312 e. The summed E-state index contributed by atoms with van der Waals surface area (Å²) in [6.45, 7) is 4.60. The van der Waals surface area contributed by atoms with E-state index >= 15 is 0 Å². The van der Waals surface area contributed by atoms with Crippen LogP contribution in [0.5, 0.6) is 0 Å². The van der Waals surface area contributed by atoms with Gasteiger partial charge in [0, 0.05) is 19.5 Å². The van der Waals surface area contributed by atoms with Gasteiger partial charge in [-0.15, -0.1) is 0 Å². The highest BCUT2D eigenvalue weighted by atomic mass is 16.4. The van der Waals surface area contributed by atoms with Crippen LogP contribution in [-0.4, -0.2) is 46.2 Å². The van der Waals surface area contributed by atoms with Gasteiger partial charge in [-0.05, 0) is 30.7 Å². The number of aliphatic hydroxyl groups is 1. The van der Waals surface area contributed by atoms with E-state index in [0.29, 0.717) is 18.9 Å². The standard InChI is InChI=1S/C19H27NO4/c1-14(2)8-9-17(22)20-11-10-19(18(23)24,16(21)13-20)12-15-6-4-3-5-7-15/h3-7,14,16,21H,8-13H2,1-2H3,(H,23,24)/t16-,19+/m0/s1. The zero-order valence-corrected chi connectivity index (χ0v) is 14.4. The third kappa shape index (κ3) is 4.15. The van der Waals surface area contributed by atoms with Crippen LogP contribution in [0.15, 0.2) is 30.3 Å². The SMILES string of the molecule is CC(C)CCC(=O)N1CC[C@](Cc2ccccc2)(C(=O)O)[C@@H](O)C1. The molecule has 5 nitrogen and oxygen atoms in total. The van der Waals surface area contributed by atoms with E-state index in [1.54, 1.807) is 4.90 Å². The predicted octanol–water partition coefficient (Wildman–Crippen LogP) is 2.33. The monoisotopic (exact) mass is 333 g/mol. The number of carbonyl (C=O) groups excluding carboxylic acids is 1. The fraction of sp³-hybridized carbons (Fsp3) is 0.579. The molecule has 0 aromatic heterocycles. The number of carbonyl (C=O) groups is 2. The van der Waals surface area contributed by atoms with Crippen molar-refractivity contribution in [1.29, 1.82) is 0 Å². The molecule has 2 N–H and O–H groups in total. The Kier molecular flexibility index (Phi) is 5.99. The molecule has 0 spiro atoms. The number of β-amino-alcohol motifs (C(OH)–C–C–N with tert-alkyl or cyclic N) is 1. The largest absolute Gasteiger partial charge is 0.481 e. The molecule has 132 valence electrons. The Balaban J connectivity index is 2.08. The van der Waals surface area contributed by atoms with E-state index in [9.17, 15) is 19.8 Å². The molecule has 1 aromatic rings. The summed E-state index contributed by atoms with van der Waals surface area (Å²) in [5, 5.41) is 20.3. The Labute approximate surface area is 143 Å². The molecule has 0 saturated carbocycles. The lowest BCUT2D eigenvalue weighted by Gasteiger charge is -2.43. The van der Waals surface area contributed by atoms with Gasteiger partial charge in [0.2, 0.25) is 5.91 Å². The van der Waals surface area contributed by atoms with Crippen molar-refractivity contribution in [3.8, 4) is 0 Å². The lowest BCUT2D eigenvalue weighted by atomic mass is 9.71. The maximum Gasteiger partial charge on any atom is 0.312 e. The molecule has 1 amide bonds. The predicted molar refractivity (Wildman–Crippen MR) is 91.5 cm³/mol. The highest BCUT2D eigenvalue weighted by Gasteiger charge is 2.49. The number of carboxylic acids is 1. The quantitative estimate of drug-likeness (QED) is 0.837. The third-order valence-corrected chi connectivity index (χ3v) is 4.94. The highest BCUT2D eigenvalue weighted by molar-refractivity contribution is 5.79. The number of piperidine rings is 1. The number of likely N-dealkylation sites (tertiary alicyclic amines) is 1. The number of hydrogen-bond donors (Lipinski definition) is 2. The summed E-state index contributed by atoms with van der Waals surface area (Å²) < 4.78 is 0. The van der Waals surface area contributed by atoms with Gasteiger partial charge in [-0.3, -0.25) is 9.59 Å². The van der Waals surface area contributed by atoms with Gasteiger partial charge in [-0.2, -0.15) is 0 Å². The zero-order chi connectivity index (χ0) is 17.7. The molecule has 0 aliphatic carbocycles. The van der Waals surface area contributed by atoms with Gasteiger partial charge in [-0.1, -0.05) is 44.2 Å². The van der Waals surface area contributed by atoms with Crippen molar-refractivity contribution in [3.05, 3.63) is 35.9 Å². The molecule has 2 atom stereocenters.